The number of hydrogen-bond donors (Lipinski definition) is 1. The average molecular weight is 416 g/mol. The Balaban J connectivity index is 1.73. The highest BCUT2D eigenvalue weighted by Crippen LogP contribution is 2.33. The predicted octanol–water partition coefficient (Wildman–Crippen LogP) is 2.10. The van der Waals surface area contributed by atoms with E-state index in [4.69, 9.17) is 4.74 Å². The van der Waals surface area contributed by atoms with E-state index in [-0.39, 0.29) is 31.0 Å². The Labute approximate surface area is 178 Å². The summed E-state index contributed by atoms with van der Waals surface area (Å²) in [6.45, 7) is 5.23. The van der Waals surface area contributed by atoms with E-state index in [9.17, 15) is 14.4 Å². The molecule has 2 amide bonds. The summed E-state index contributed by atoms with van der Waals surface area (Å²) < 4.78 is 5.12. The van der Waals surface area contributed by atoms with E-state index in [1.807, 2.05) is 35.2 Å². The summed E-state index contributed by atoms with van der Waals surface area (Å²) in [5.74, 6) is -0.291. The van der Waals surface area contributed by atoms with Gasteiger partial charge in [0.15, 0.2) is 0 Å². The topological polar surface area (TPSA) is 79.0 Å². The van der Waals surface area contributed by atoms with Crippen LogP contribution in [0.4, 0.5) is 0 Å². The highest BCUT2D eigenvalue weighted by atomic mass is 16.5. The molecule has 1 aromatic rings. The molecular weight excluding hydrogens is 382 g/mol. The molecule has 2 aliphatic rings. The van der Waals surface area contributed by atoms with Gasteiger partial charge in [-0.3, -0.25) is 19.7 Å². The quantitative estimate of drug-likeness (QED) is 0.658. The monoisotopic (exact) mass is 415 g/mol. The number of nitrogens with zero attached hydrogens (tertiary/aromatic N) is 2. The lowest BCUT2D eigenvalue weighted by molar-refractivity contribution is -0.152. The fraction of sp³-hybridized carbons (Fsp3) is 0.609. The van der Waals surface area contributed by atoms with Crippen molar-refractivity contribution in [1.29, 1.82) is 0 Å². The number of carbonyl (C=O) groups is 3. The SMILES string of the molecule is CCCCC(=O)N1CCC2(CC1)NC(Cc1ccccc1)C(=O)N2CC(=O)OCC. The maximum Gasteiger partial charge on any atom is 0.325 e. The van der Waals surface area contributed by atoms with Crippen molar-refractivity contribution in [3.63, 3.8) is 0 Å². The lowest BCUT2D eigenvalue weighted by Crippen LogP contribution is -2.60. The van der Waals surface area contributed by atoms with Gasteiger partial charge in [-0.1, -0.05) is 43.7 Å². The van der Waals surface area contributed by atoms with Crippen LogP contribution in [0.2, 0.25) is 0 Å². The summed E-state index contributed by atoms with van der Waals surface area (Å²) in [7, 11) is 0. The smallest absolute Gasteiger partial charge is 0.325 e. The number of nitrogens with one attached hydrogen (secondary N) is 1. The van der Waals surface area contributed by atoms with Crippen LogP contribution in [0, 0.1) is 0 Å². The first-order valence-electron chi connectivity index (χ1n) is 11.1. The fourth-order valence-electron chi connectivity index (χ4n) is 4.44. The zero-order chi connectivity index (χ0) is 21.6. The average Bonchev–Trinajstić information content (AvgIpc) is 2.98. The molecule has 7 heteroatoms. The molecule has 2 fully saturated rings. The molecule has 1 spiro atoms. The van der Waals surface area contributed by atoms with Crippen LogP contribution in [0.3, 0.4) is 0 Å². The van der Waals surface area contributed by atoms with Crippen molar-refractivity contribution in [3.8, 4) is 0 Å². The summed E-state index contributed by atoms with van der Waals surface area (Å²) in [5.41, 5.74) is 0.467. The Hall–Kier alpha value is -2.41. The van der Waals surface area contributed by atoms with Gasteiger partial charge in [-0.15, -0.1) is 0 Å². The number of rotatable bonds is 8. The first kappa shape index (κ1) is 22.3. The lowest BCUT2D eigenvalue weighted by Gasteiger charge is -2.44. The van der Waals surface area contributed by atoms with E-state index in [0.29, 0.717) is 38.8 Å². The summed E-state index contributed by atoms with van der Waals surface area (Å²) in [5, 5.41) is 3.54. The minimum atomic E-state index is -0.606. The van der Waals surface area contributed by atoms with E-state index in [1.54, 1.807) is 11.8 Å². The predicted molar refractivity (Wildman–Crippen MR) is 113 cm³/mol. The number of benzene rings is 1. The summed E-state index contributed by atoms with van der Waals surface area (Å²) in [6, 6.07) is 9.50. The summed E-state index contributed by atoms with van der Waals surface area (Å²) in [4.78, 5) is 41.4. The zero-order valence-electron chi connectivity index (χ0n) is 18.1. The van der Waals surface area contributed by atoms with Crippen LogP contribution in [-0.4, -0.2) is 65.5 Å². The molecule has 0 saturated carbocycles. The highest BCUT2D eigenvalue weighted by Gasteiger charge is 2.52. The van der Waals surface area contributed by atoms with Gasteiger partial charge in [0.1, 0.15) is 6.54 Å². The number of likely N-dealkylation sites (tertiary alicyclic amines) is 1. The molecule has 30 heavy (non-hydrogen) atoms. The van der Waals surface area contributed by atoms with E-state index in [1.165, 1.54) is 0 Å². The molecule has 2 heterocycles. The molecular formula is C23H33N3O4. The van der Waals surface area contributed by atoms with Gasteiger partial charge >= 0.3 is 5.97 Å². The third-order valence-corrected chi connectivity index (χ3v) is 6.09. The van der Waals surface area contributed by atoms with Gasteiger partial charge in [0.05, 0.1) is 18.3 Å². The standard InChI is InChI=1S/C23H33N3O4/c1-3-5-11-20(27)25-14-12-23(13-15-25)24-19(16-18-9-7-6-8-10-18)22(29)26(23)17-21(28)30-4-2/h6-10,19,24H,3-5,11-17H2,1-2H3. The van der Waals surface area contributed by atoms with Crippen molar-refractivity contribution in [2.45, 2.75) is 64.1 Å². The van der Waals surface area contributed by atoms with Gasteiger partial charge in [-0.2, -0.15) is 0 Å². The third-order valence-electron chi connectivity index (χ3n) is 6.09. The molecule has 0 radical (unpaired) electrons. The largest absolute Gasteiger partial charge is 0.465 e. The van der Waals surface area contributed by atoms with Crippen molar-refractivity contribution in [2.24, 2.45) is 0 Å². The summed E-state index contributed by atoms with van der Waals surface area (Å²) >= 11 is 0. The van der Waals surface area contributed by atoms with Gasteiger partial charge in [0, 0.05) is 32.4 Å². The second-order valence-corrected chi connectivity index (χ2v) is 8.13. The molecule has 1 atom stereocenters. The van der Waals surface area contributed by atoms with Gasteiger partial charge in [0.2, 0.25) is 11.8 Å². The van der Waals surface area contributed by atoms with Crippen molar-refractivity contribution >= 4 is 17.8 Å². The second kappa shape index (κ2) is 10.1. The van der Waals surface area contributed by atoms with Crippen LogP contribution in [0.1, 0.15) is 51.5 Å². The zero-order valence-corrected chi connectivity index (χ0v) is 18.1. The molecule has 1 N–H and O–H groups in total. The molecule has 2 aliphatic heterocycles. The van der Waals surface area contributed by atoms with Crippen LogP contribution in [0.15, 0.2) is 30.3 Å². The first-order chi connectivity index (χ1) is 14.5. The molecule has 1 unspecified atom stereocenters. The van der Waals surface area contributed by atoms with Crippen LogP contribution in [-0.2, 0) is 25.5 Å². The van der Waals surface area contributed by atoms with Gasteiger partial charge < -0.3 is 14.5 Å². The number of esters is 1. The highest BCUT2D eigenvalue weighted by molar-refractivity contribution is 5.89. The van der Waals surface area contributed by atoms with Crippen LogP contribution in [0.25, 0.3) is 0 Å². The molecule has 2 saturated heterocycles. The van der Waals surface area contributed by atoms with Gasteiger partial charge in [0.25, 0.3) is 0 Å². The minimum absolute atomic E-state index is 0.0608. The normalized spacial score (nSPS) is 20.6. The molecule has 3 rings (SSSR count). The van der Waals surface area contributed by atoms with Crippen LogP contribution >= 0.6 is 0 Å². The molecule has 0 aliphatic carbocycles. The number of hydrogen-bond acceptors (Lipinski definition) is 5. The van der Waals surface area contributed by atoms with E-state index < -0.39 is 11.6 Å². The van der Waals surface area contributed by atoms with Gasteiger partial charge in [-0.25, -0.2) is 0 Å². The Kier molecular flexibility index (Phi) is 7.48. The third kappa shape index (κ3) is 5.01. The number of ether oxygens (including phenoxy) is 1. The fourth-order valence-corrected chi connectivity index (χ4v) is 4.44. The minimum Gasteiger partial charge on any atom is -0.465 e. The van der Waals surface area contributed by atoms with E-state index in [2.05, 4.69) is 12.2 Å². The first-order valence-corrected chi connectivity index (χ1v) is 11.1. The van der Waals surface area contributed by atoms with Crippen molar-refractivity contribution in [1.82, 2.24) is 15.1 Å². The number of amides is 2. The lowest BCUT2D eigenvalue weighted by atomic mass is 9.95. The molecule has 0 bridgehead atoms. The van der Waals surface area contributed by atoms with Gasteiger partial charge in [-0.05, 0) is 25.3 Å². The number of unbranched alkanes of at least 4 members (excludes halogenated alkanes) is 1. The number of piperidine rings is 1. The van der Waals surface area contributed by atoms with Crippen molar-refractivity contribution < 1.29 is 19.1 Å². The Bertz CT molecular complexity index is 744. The van der Waals surface area contributed by atoms with E-state index in [0.717, 1.165) is 18.4 Å². The van der Waals surface area contributed by atoms with Crippen molar-refractivity contribution in [2.75, 3.05) is 26.2 Å². The molecule has 0 aromatic heterocycles. The molecule has 164 valence electrons. The maximum absolute atomic E-state index is 13.3. The van der Waals surface area contributed by atoms with Crippen LogP contribution < -0.4 is 5.32 Å². The summed E-state index contributed by atoms with van der Waals surface area (Å²) in [6.07, 6.45) is 4.25. The Morgan fingerprint density at radius 1 is 1.17 bits per heavy atom. The Morgan fingerprint density at radius 3 is 2.50 bits per heavy atom. The van der Waals surface area contributed by atoms with Crippen LogP contribution in [0.5, 0.6) is 0 Å². The molecule has 7 nitrogen and oxygen atoms in total. The number of carbonyl (C=O) groups excluding carboxylic acids is 3. The molecule has 1 aromatic carbocycles. The Morgan fingerprint density at radius 2 is 1.87 bits per heavy atom. The second-order valence-electron chi connectivity index (χ2n) is 8.13. The van der Waals surface area contributed by atoms with Crippen molar-refractivity contribution in [3.05, 3.63) is 35.9 Å². The maximum atomic E-state index is 13.3. The van der Waals surface area contributed by atoms with E-state index >= 15 is 0 Å².